The summed E-state index contributed by atoms with van der Waals surface area (Å²) in [6.07, 6.45) is 23.1. The van der Waals surface area contributed by atoms with E-state index in [1.165, 1.54) is 77.0 Å². The Bertz CT molecular complexity index is 368. The molecule has 4 heteroatoms. The van der Waals surface area contributed by atoms with Crippen LogP contribution in [0.15, 0.2) is 12.2 Å². The first-order valence-corrected chi connectivity index (χ1v) is 12.3. The summed E-state index contributed by atoms with van der Waals surface area (Å²) in [6, 6.07) is 0. The Hall–Kier alpha value is -0.870. The number of ether oxygens (including phenoxy) is 2. The van der Waals surface area contributed by atoms with Gasteiger partial charge in [0.2, 0.25) is 0 Å². The summed E-state index contributed by atoms with van der Waals surface area (Å²) in [7, 11) is 0. The highest BCUT2D eigenvalue weighted by Crippen LogP contribution is 2.09. The number of hydrogen-bond donors (Lipinski definition) is 1. The average Bonchev–Trinajstić information content (AvgIpc) is 2.73. The number of allylic oxidation sites excluding steroid dienone is 2. The quantitative estimate of drug-likeness (QED) is 0.121. The maximum Gasteiger partial charge on any atom is 0.306 e. The van der Waals surface area contributed by atoms with Crippen molar-refractivity contribution in [3.05, 3.63) is 12.2 Å². The van der Waals surface area contributed by atoms with Gasteiger partial charge in [-0.3, -0.25) is 4.79 Å². The maximum absolute atomic E-state index is 11.6. The fraction of sp³-hybridized carbons (Fsp3) is 0.880. The smallest absolute Gasteiger partial charge is 0.306 e. The molecule has 0 aliphatic carbocycles. The minimum Gasteiger partial charge on any atom is -0.457 e. The van der Waals surface area contributed by atoms with Gasteiger partial charge < -0.3 is 14.6 Å². The minimum atomic E-state index is -0.524. The number of aliphatic hydroxyl groups is 1. The molecule has 1 unspecified atom stereocenters. The first-order chi connectivity index (χ1) is 14.2. The molecule has 29 heavy (non-hydrogen) atoms. The van der Waals surface area contributed by atoms with E-state index >= 15 is 0 Å². The van der Waals surface area contributed by atoms with Crippen LogP contribution in [0.1, 0.15) is 117 Å². The van der Waals surface area contributed by atoms with Gasteiger partial charge in [0, 0.05) is 13.0 Å². The molecule has 1 atom stereocenters. The fourth-order valence-corrected chi connectivity index (χ4v) is 3.18. The number of hydrogen-bond acceptors (Lipinski definition) is 4. The second-order valence-electron chi connectivity index (χ2n) is 8.06. The van der Waals surface area contributed by atoms with Crippen LogP contribution in [0.5, 0.6) is 0 Å². The fourth-order valence-electron chi connectivity index (χ4n) is 3.18. The molecular weight excluding hydrogens is 364 g/mol. The van der Waals surface area contributed by atoms with Crippen molar-refractivity contribution in [2.45, 2.75) is 123 Å². The summed E-state index contributed by atoms with van der Waals surface area (Å²) in [6.45, 7) is 5.08. The number of rotatable bonds is 22. The number of aliphatic hydroxyl groups excluding tert-OH is 1. The molecule has 4 nitrogen and oxygen atoms in total. The monoisotopic (exact) mass is 412 g/mol. The highest BCUT2D eigenvalue weighted by Gasteiger charge is 2.13. The molecule has 0 aromatic rings. The van der Waals surface area contributed by atoms with Crippen molar-refractivity contribution >= 4 is 5.97 Å². The van der Waals surface area contributed by atoms with Crippen LogP contribution in [0, 0.1) is 0 Å². The summed E-state index contributed by atoms with van der Waals surface area (Å²) < 4.78 is 10.8. The molecular formula is C25H48O4. The van der Waals surface area contributed by atoms with Crippen LogP contribution in [0.4, 0.5) is 0 Å². The molecule has 0 saturated carbocycles. The van der Waals surface area contributed by atoms with Crippen molar-refractivity contribution in [1.29, 1.82) is 0 Å². The molecule has 0 bridgehead atoms. The van der Waals surface area contributed by atoms with E-state index in [-0.39, 0.29) is 12.6 Å². The number of unbranched alkanes of at least 4 members (excludes halogenated alkanes) is 12. The van der Waals surface area contributed by atoms with Gasteiger partial charge >= 0.3 is 5.97 Å². The molecule has 0 heterocycles. The lowest BCUT2D eigenvalue weighted by Gasteiger charge is -2.15. The highest BCUT2D eigenvalue weighted by atomic mass is 16.6. The Kier molecular flexibility index (Phi) is 22.7. The van der Waals surface area contributed by atoms with E-state index in [1.807, 2.05) is 6.92 Å². The van der Waals surface area contributed by atoms with E-state index in [4.69, 9.17) is 9.47 Å². The summed E-state index contributed by atoms with van der Waals surface area (Å²) >= 11 is 0. The first kappa shape index (κ1) is 28.1. The van der Waals surface area contributed by atoms with Crippen molar-refractivity contribution in [1.82, 2.24) is 0 Å². The summed E-state index contributed by atoms with van der Waals surface area (Å²) in [5, 5.41) is 9.27. The normalized spacial score (nSPS) is 12.5. The van der Waals surface area contributed by atoms with Crippen LogP contribution in [-0.4, -0.2) is 37.0 Å². The second-order valence-corrected chi connectivity index (χ2v) is 8.06. The molecule has 0 aliphatic rings. The lowest BCUT2D eigenvalue weighted by atomic mass is 10.1. The van der Waals surface area contributed by atoms with Gasteiger partial charge in [-0.1, -0.05) is 83.8 Å². The van der Waals surface area contributed by atoms with Gasteiger partial charge in [0.15, 0.2) is 0 Å². The molecule has 0 fully saturated rings. The minimum absolute atomic E-state index is 0.175. The molecule has 0 aromatic carbocycles. The summed E-state index contributed by atoms with van der Waals surface area (Å²) in [5.41, 5.74) is 0. The summed E-state index contributed by atoms with van der Waals surface area (Å²) in [5.74, 6) is -0.240. The van der Waals surface area contributed by atoms with E-state index in [9.17, 15) is 9.90 Å². The third kappa shape index (κ3) is 21.7. The van der Waals surface area contributed by atoms with Crippen molar-refractivity contribution in [3.63, 3.8) is 0 Å². The molecule has 0 aromatic heterocycles. The van der Waals surface area contributed by atoms with Gasteiger partial charge in [-0.15, -0.1) is 0 Å². The van der Waals surface area contributed by atoms with Crippen molar-refractivity contribution in [2.24, 2.45) is 0 Å². The molecule has 1 N–H and O–H groups in total. The van der Waals surface area contributed by atoms with E-state index in [1.54, 1.807) is 0 Å². The molecule has 0 rings (SSSR count). The second kappa shape index (κ2) is 23.4. The van der Waals surface area contributed by atoms with E-state index in [2.05, 4.69) is 19.1 Å². The highest BCUT2D eigenvalue weighted by molar-refractivity contribution is 5.69. The van der Waals surface area contributed by atoms with E-state index < -0.39 is 6.10 Å². The zero-order valence-corrected chi connectivity index (χ0v) is 19.3. The van der Waals surface area contributed by atoms with Gasteiger partial charge in [-0.25, -0.2) is 0 Å². The van der Waals surface area contributed by atoms with Crippen LogP contribution in [0.2, 0.25) is 0 Å². The van der Waals surface area contributed by atoms with Crippen molar-refractivity contribution < 1.29 is 19.4 Å². The first-order valence-electron chi connectivity index (χ1n) is 12.3. The zero-order chi connectivity index (χ0) is 21.4. The number of carbonyl (C=O) groups is 1. The summed E-state index contributed by atoms with van der Waals surface area (Å²) in [4.78, 5) is 11.6. The Labute approximate surface area is 180 Å². The van der Waals surface area contributed by atoms with E-state index in [0.29, 0.717) is 19.6 Å². The number of esters is 1. The Morgan fingerprint density at radius 1 is 0.793 bits per heavy atom. The largest absolute Gasteiger partial charge is 0.457 e. The SMILES string of the molecule is CCCCCCC/C=C\CCCCCCCCOCC(CO)OC(=O)CCCC. The Balaban J connectivity index is 3.34. The lowest BCUT2D eigenvalue weighted by Crippen LogP contribution is -2.27. The van der Waals surface area contributed by atoms with Crippen LogP contribution in [0.3, 0.4) is 0 Å². The molecule has 0 amide bonds. The van der Waals surface area contributed by atoms with Crippen molar-refractivity contribution in [3.8, 4) is 0 Å². The molecule has 172 valence electrons. The Morgan fingerprint density at radius 2 is 1.34 bits per heavy atom. The standard InChI is InChI=1S/C25H48O4/c1-3-5-7-8-9-10-11-12-13-14-15-16-17-18-19-21-28-23-24(22-26)29-25(27)20-6-4-2/h11-12,24,26H,3-10,13-23H2,1-2H3/b12-11-. The average molecular weight is 413 g/mol. The molecule has 0 spiro atoms. The lowest BCUT2D eigenvalue weighted by molar-refractivity contribution is -0.154. The third-order valence-electron chi connectivity index (χ3n) is 5.09. The molecule has 0 aliphatic heterocycles. The van der Waals surface area contributed by atoms with Gasteiger partial charge in [-0.2, -0.15) is 0 Å². The van der Waals surface area contributed by atoms with Gasteiger partial charge in [0.1, 0.15) is 6.10 Å². The van der Waals surface area contributed by atoms with Gasteiger partial charge in [0.05, 0.1) is 13.2 Å². The van der Waals surface area contributed by atoms with E-state index in [0.717, 1.165) is 19.3 Å². The number of carbonyl (C=O) groups excluding carboxylic acids is 1. The predicted octanol–water partition coefficient (Wildman–Crippen LogP) is 6.74. The Morgan fingerprint density at radius 3 is 1.93 bits per heavy atom. The molecule has 0 saturated heterocycles. The van der Waals surface area contributed by atoms with Crippen LogP contribution in [-0.2, 0) is 14.3 Å². The van der Waals surface area contributed by atoms with Crippen molar-refractivity contribution in [2.75, 3.05) is 19.8 Å². The predicted molar refractivity (Wildman–Crippen MR) is 122 cm³/mol. The van der Waals surface area contributed by atoms with Crippen LogP contribution < -0.4 is 0 Å². The van der Waals surface area contributed by atoms with Gasteiger partial charge in [-0.05, 0) is 38.5 Å². The van der Waals surface area contributed by atoms with Crippen LogP contribution >= 0.6 is 0 Å². The van der Waals surface area contributed by atoms with Gasteiger partial charge in [0.25, 0.3) is 0 Å². The zero-order valence-electron chi connectivity index (χ0n) is 19.3. The maximum atomic E-state index is 11.6. The molecule has 0 radical (unpaired) electrons. The third-order valence-corrected chi connectivity index (χ3v) is 5.09. The topological polar surface area (TPSA) is 55.8 Å². The van der Waals surface area contributed by atoms with Crippen LogP contribution in [0.25, 0.3) is 0 Å².